The molecule has 106 valence electrons. The molecule has 0 radical (unpaired) electrons. The highest BCUT2D eigenvalue weighted by Gasteiger charge is 1.99. The van der Waals surface area contributed by atoms with Crippen molar-refractivity contribution in [3.63, 3.8) is 0 Å². The SMILES string of the molecule is CC(N)CCc1ccc(OCCc2cccnc2)cc1. The van der Waals surface area contributed by atoms with Crippen molar-refractivity contribution < 1.29 is 4.74 Å². The maximum absolute atomic E-state index is 5.76. The maximum atomic E-state index is 5.76. The molecular formula is C17H22N2O. The van der Waals surface area contributed by atoms with Crippen LogP contribution in [0, 0.1) is 0 Å². The van der Waals surface area contributed by atoms with Crippen molar-refractivity contribution >= 4 is 0 Å². The van der Waals surface area contributed by atoms with Crippen LogP contribution in [0.3, 0.4) is 0 Å². The molecule has 2 rings (SSSR count). The Hall–Kier alpha value is -1.87. The molecule has 0 saturated carbocycles. The summed E-state index contributed by atoms with van der Waals surface area (Å²) in [7, 11) is 0. The monoisotopic (exact) mass is 270 g/mol. The van der Waals surface area contributed by atoms with E-state index in [4.69, 9.17) is 10.5 Å². The van der Waals surface area contributed by atoms with Gasteiger partial charge in [0.2, 0.25) is 0 Å². The number of nitrogens with two attached hydrogens (primary N) is 1. The highest BCUT2D eigenvalue weighted by atomic mass is 16.5. The van der Waals surface area contributed by atoms with Crippen LogP contribution < -0.4 is 10.5 Å². The van der Waals surface area contributed by atoms with Crippen LogP contribution in [0.5, 0.6) is 5.75 Å². The van der Waals surface area contributed by atoms with E-state index in [1.807, 2.05) is 31.3 Å². The summed E-state index contributed by atoms with van der Waals surface area (Å²) in [5.41, 5.74) is 8.26. The van der Waals surface area contributed by atoms with Crippen molar-refractivity contribution in [2.24, 2.45) is 5.73 Å². The summed E-state index contributed by atoms with van der Waals surface area (Å²) in [6.07, 6.45) is 6.57. The molecule has 1 aromatic carbocycles. The van der Waals surface area contributed by atoms with E-state index in [2.05, 4.69) is 23.2 Å². The first kappa shape index (κ1) is 14.5. The number of nitrogens with zero attached hydrogens (tertiary/aromatic N) is 1. The molecule has 20 heavy (non-hydrogen) atoms. The minimum atomic E-state index is 0.255. The van der Waals surface area contributed by atoms with Gasteiger partial charge >= 0.3 is 0 Å². The van der Waals surface area contributed by atoms with Crippen molar-refractivity contribution in [3.8, 4) is 5.75 Å². The second-order valence-corrected chi connectivity index (χ2v) is 5.12. The Bertz CT molecular complexity index is 494. The fourth-order valence-corrected chi connectivity index (χ4v) is 1.98. The van der Waals surface area contributed by atoms with Crippen LogP contribution in [-0.2, 0) is 12.8 Å². The molecule has 0 amide bonds. The Kier molecular flexibility index (Phi) is 5.56. The van der Waals surface area contributed by atoms with E-state index >= 15 is 0 Å². The summed E-state index contributed by atoms with van der Waals surface area (Å²) >= 11 is 0. The standard InChI is InChI=1S/C17H22N2O/c1-14(18)4-5-15-6-8-17(9-7-15)20-12-10-16-3-2-11-19-13-16/h2-3,6-9,11,13-14H,4-5,10,12,18H2,1H3. The summed E-state index contributed by atoms with van der Waals surface area (Å²) in [5.74, 6) is 0.915. The third-order valence-corrected chi connectivity index (χ3v) is 3.19. The van der Waals surface area contributed by atoms with Crippen molar-refractivity contribution in [2.45, 2.75) is 32.2 Å². The highest BCUT2D eigenvalue weighted by molar-refractivity contribution is 5.27. The molecule has 1 atom stereocenters. The number of hydrogen-bond donors (Lipinski definition) is 1. The maximum Gasteiger partial charge on any atom is 0.119 e. The number of aromatic nitrogens is 1. The average molecular weight is 270 g/mol. The van der Waals surface area contributed by atoms with Gasteiger partial charge in [-0.05, 0) is 49.1 Å². The molecule has 1 aromatic heterocycles. The quantitative estimate of drug-likeness (QED) is 0.841. The predicted molar refractivity (Wildman–Crippen MR) is 81.8 cm³/mol. The Morgan fingerprint density at radius 3 is 2.55 bits per heavy atom. The van der Waals surface area contributed by atoms with Gasteiger partial charge in [-0.2, -0.15) is 0 Å². The van der Waals surface area contributed by atoms with Crippen molar-refractivity contribution in [1.82, 2.24) is 4.98 Å². The van der Waals surface area contributed by atoms with Crippen LogP contribution in [0.2, 0.25) is 0 Å². The first-order valence-electron chi connectivity index (χ1n) is 7.10. The van der Waals surface area contributed by atoms with Gasteiger partial charge in [0.1, 0.15) is 5.75 Å². The summed E-state index contributed by atoms with van der Waals surface area (Å²) in [6.45, 7) is 2.71. The molecule has 2 N–H and O–H groups in total. The van der Waals surface area contributed by atoms with Gasteiger partial charge in [0.05, 0.1) is 6.61 Å². The molecule has 0 spiro atoms. The summed E-state index contributed by atoms with van der Waals surface area (Å²) < 4.78 is 5.74. The van der Waals surface area contributed by atoms with Gasteiger partial charge in [-0.3, -0.25) is 4.98 Å². The zero-order valence-corrected chi connectivity index (χ0v) is 12.0. The average Bonchev–Trinajstić information content (AvgIpc) is 2.47. The normalized spacial score (nSPS) is 12.1. The van der Waals surface area contributed by atoms with Gasteiger partial charge < -0.3 is 10.5 Å². The largest absolute Gasteiger partial charge is 0.493 e. The molecule has 3 nitrogen and oxygen atoms in total. The number of ether oxygens (including phenoxy) is 1. The van der Waals surface area contributed by atoms with E-state index in [0.29, 0.717) is 6.61 Å². The van der Waals surface area contributed by atoms with Crippen LogP contribution in [-0.4, -0.2) is 17.6 Å². The molecule has 0 saturated heterocycles. The molecule has 1 unspecified atom stereocenters. The van der Waals surface area contributed by atoms with Crippen molar-refractivity contribution in [2.75, 3.05) is 6.61 Å². The summed E-state index contributed by atoms with van der Waals surface area (Å²) in [5, 5.41) is 0. The number of benzene rings is 1. The molecular weight excluding hydrogens is 248 g/mol. The molecule has 2 aromatic rings. The fourth-order valence-electron chi connectivity index (χ4n) is 1.98. The van der Waals surface area contributed by atoms with Crippen LogP contribution in [0.15, 0.2) is 48.8 Å². The molecule has 1 heterocycles. The summed E-state index contributed by atoms with van der Waals surface area (Å²) in [4.78, 5) is 4.09. The second-order valence-electron chi connectivity index (χ2n) is 5.12. The minimum absolute atomic E-state index is 0.255. The first-order chi connectivity index (χ1) is 9.74. The molecule has 0 aliphatic heterocycles. The van der Waals surface area contributed by atoms with Gasteiger partial charge in [-0.25, -0.2) is 0 Å². The zero-order chi connectivity index (χ0) is 14.2. The Morgan fingerprint density at radius 2 is 1.90 bits per heavy atom. The minimum Gasteiger partial charge on any atom is -0.493 e. The lowest BCUT2D eigenvalue weighted by Gasteiger charge is -2.08. The second kappa shape index (κ2) is 7.65. The third-order valence-electron chi connectivity index (χ3n) is 3.19. The molecule has 0 aliphatic rings. The van der Waals surface area contributed by atoms with Crippen molar-refractivity contribution in [1.29, 1.82) is 0 Å². The zero-order valence-electron chi connectivity index (χ0n) is 12.0. The smallest absolute Gasteiger partial charge is 0.119 e. The van der Waals surface area contributed by atoms with E-state index < -0.39 is 0 Å². The molecule has 0 bridgehead atoms. The van der Waals surface area contributed by atoms with Gasteiger partial charge in [-0.15, -0.1) is 0 Å². The van der Waals surface area contributed by atoms with Crippen LogP contribution in [0.1, 0.15) is 24.5 Å². The van der Waals surface area contributed by atoms with E-state index in [0.717, 1.165) is 25.0 Å². The van der Waals surface area contributed by atoms with Gasteiger partial charge in [0, 0.05) is 24.9 Å². The summed E-state index contributed by atoms with van der Waals surface area (Å²) in [6, 6.07) is 12.5. The Labute approximate surface area is 120 Å². The van der Waals surface area contributed by atoms with Gasteiger partial charge in [0.25, 0.3) is 0 Å². The van der Waals surface area contributed by atoms with Crippen LogP contribution in [0.25, 0.3) is 0 Å². The van der Waals surface area contributed by atoms with E-state index in [1.165, 1.54) is 11.1 Å². The van der Waals surface area contributed by atoms with Gasteiger partial charge in [0.15, 0.2) is 0 Å². The van der Waals surface area contributed by atoms with Crippen LogP contribution in [0.4, 0.5) is 0 Å². The fraction of sp³-hybridized carbons (Fsp3) is 0.353. The topological polar surface area (TPSA) is 48.1 Å². The predicted octanol–water partition coefficient (Wildman–Crippen LogP) is 2.98. The number of rotatable bonds is 7. The van der Waals surface area contributed by atoms with Gasteiger partial charge in [-0.1, -0.05) is 18.2 Å². The van der Waals surface area contributed by atoms with Crippen LogP contribution >= 0.6 is 0 Å². The first-order valence-corrected chi connectivity index (χ1v) is 7.10. The van der Waals surface area contributed by atoms with Crippen molar-refractivity contribution in [3.05, 3.63) is 59.9 Å². The lowest BCUT2D eigenvalue weighted by molar-refractivity contribution is 0.321. The molecule has 0 fully saturated rings. The van der Waals surface area contributed by atoms with E-state index in [9.17, 15) is 0 Å². The van der Waals surface area contributed by atoms with E-state index in [-0.39, 0.29) is 6.04 Å². The Balaban J connectivity index is 1.76. The highest BCUT2D eigenvalue weighted by Crippen LogP contribution is 2.14. The lowest BCUT2D eigenvalue weighted by atomic mass is 10.1. The number of hydrogen-bond acceptors (Lipinski definition) is 3. The molecule has 0 aliphatic carbocycles. The Morgan fingerprint density at radius 1 is 1.10 bits per heavy atom. The third kappa shape index (κ3) is 5.02. The lowest BCUT2D eigenvalue weighted by Crippen LogP contribution is -2.15. The molecule has 3 heteroatoms. The number of pyridine rings is 1. The van der Waals surface area contributed by atoms with E-state index in [1.54, 1.807) is 6.20 Å². The number of aryl methyl sites for hydroxylation is 1.